The minimum absolute atomic E-state index is 0.137. The second-order valence-corrected chi connectivity index (χ2v) is 8.54. The van der Waals surface area contributed by atoms with Gasteiger partial charge in [0.05, 0.1) is 12.6 Å². The fourth-order valence-electron chi connectivity index (χ4n) is 3.32. The zero-order valence-electron chi connectivity index (χ0n) is 18.4. The number of alkyl halides is 3. The highest BCUT2D eigenvalue weighted by molar-refractivity contribution is 5.80. The van der Waals surface area contributed by atoms with Crippen molar-refractivity contribution in [3.8, 4) is 0 Å². The molecule has 0 spiro atoms. The van der Waals surface area contributed by atoms with Crippen molar-refractivity contribution in [3.63, 3.8) is 0 Å². The molecule has 1 aliphatic heterocycles. The van der Waals surface area contributed by atoms with Crippen molar-refractivity contribution in [3.05, 3.63) is 35.9 Å². The summed E-state index contributed by atoms with van der Waals surface area (Å²) in [6.07, 6.45) is -4.15. The number of amides is 1. The van der Waals surface area contributed by atoms with Crippen LogP contribution in [0.4, 0.5) is 18.0 Å². The summed E-state index contributed by atoms with van der Waals surface area (Å²) < 4.78 is 43.2. The molecule has 3 N–H and O–H groups in total. The Morgan fingerprint density at radius 3 is 2.52 bits per heavy atom. The first-order valence-electron chi connectivity index (χ1n) is 10.3. The Hall–Kier alpha value is -2.49. The Labute approximate surface area is 181 Å². The van der Waals surface area contributed by atoms with E-state index in [9.17, 15) is 18.0 Å². The largest absolute Gasteiger partial charge is 0.444 e. The van der Waals surface area contributed by atoms with Crippen LogP contribution in [0.25, 0.3) is 0 Å². The molecule has 1 amide bonds. The number of guanidine groups is 1. The Balaban J connectivity index is 1.94. The van der Waals surface area contributed by atoms with Gasteiger partial charge in [0.1, 0.15) is 5.60 Å². The Morgan fingerprint density at radius 2 is 1.94 bits per heavy atom. The normalized spacial score (nSPS) is 19.1. The van der Waals surface area contributed by atoms with Crippen molar-refractivity contribution in [2.45, 2.75) is 51.1 Å². The summed E-state index contributed by atoms with van der Waals surface area (Å²) >= 11 is 0. The van der Waals surface area contributed by atoms with E-state index in [0.29, 0.717) is 32.0 Å². The molecular formula is C21H32F3N5O2. The number of carbonyl (C=O) groups excluding carboxylic acids is 1. The zero-order valence-corrected chi connectivity index (χ0v) is 18.4. The monoisotopic (exact) mass is 443 g/mol. The van der Waals surface area contributed by atoms with Crippen molar-refractivity contribution < 1.29 is 22.7 Å². The fraction of sp³-hybridized carbons (Fsp3) is 0.619. The first-order chi connectivity index (χ1) is 14.4. The van der Waals surface area contributed by atoms with Crippen molar-refractivity contribution in [1.29, 1.82) is 0 Å². The lowest BCUT2D eigenvalue weighted by Gasteiger charge is -2.25. The zero-order chi connectivity index (χ0) is 23.1. The van der Waals surface area contributed by atoms with Crippen molar-refractivity contribution in [2.24, 2.45) is 4.99 Å². The smallest absolute Gasteiger partial charge is 0.408 e. The number of hydrogen-bond acceptors (Lipinski definition) is 4. The van der Waals surface area contributed by atoms with Gasteiger partial charge in [-0.05, 0) is 32.8 Å². The summed E-state index contributed by atoms with van der Waals surface area (Å²) in [6, 6.07) is 8.90. The first-order valence-corrected chi connectivity index (χ1v) is 10.3. The number of ether oxygens (including phenoxy) is 1. The van der Waals surface area contributed by atoms with Crippen molar-refractivity contribution >= 4 is 12.1 Å². The average molecular weight is 444 g/mol. The van der Waals surface area contributed by atoms with Gasteiger partial charge in [-0.25, -0.2) is 4.79 Å². The summed E-state index contributed by atoms with van der Waals surface area (Å²) in [4.78, 5) is 17.8. The predicted octanol–water partition coefficient (Wildman–Crippen LogP) is 3.05. The maximum absolute atomic E-state index is 12.6. The molecule has 174 valence electrons. The summed E-state index contributed by atoms with van der Waals surface area (Å²) in [5.41, 5.74) is 0.259. The van der Waals surface area contributed by atoms with E-state index in [1.165, 1.54) is 4.90 Å². The van der Waals surface area contributed by atoms with Crippen LogP contribution in [-0.4, -0.2) is 68.0 Å². The molecule has 2 unspecified atom stereocenters. The van der Waals surface area contributed by atoms with E-state index in [1.807, 2.05) is 30.3 Å². The molecule has 1 fully saturated rings. The van der Waals surface area contributed by atoms with Gasteiger partial charge in [-0.2, -0.15) is 13.2 Å². The van der Waals surface area contributed by atoms with E-state index in [1.54, 1.807) is 27.8 Å². The van der Waals surface area contributed by atoms with Gasteiger partial charge in [0, 0.05) is 32.7 Å². The lowest BCUT2D eigenvalue weighted by Crippen LogP contribution is -2.48. The second-order valence-electron chi connectivity index (χ2n) is 8.54. The molecular weight excluding hydrogens is 411 g/mol. The minimum atomic E-state index is -4.20. The lowest BCUT2D eigenvalue weighted by atomic mass is 10.1. The van der Waals surface area contributed by atoms with Gasteiger partial charge >= 0.3 is 12.3 Å². The van der Waals surface area contributed by atoms with Crippen LogP contribution in [0.2, 0.25) is 0 Å². The molecule has 31 heavy (non-hydrogen) atoms. The van der Waals surface area contributed by atoms with Crippen LogP contribution in [0.15, 0.2) is 35.3 Å². The molecule has 0 bridgehead atoms. The summed E-state index contributed by atoms with van der Waals surface area (Å²) in [5, 5.41) is 9.18. The number of carbonyl (C=O) groups is 1. The highest BCUT2D eigenvalue weighted by Gasteiger charge is 2.34. The molecule has 7 nitrogen and oxygen atoms in total. The molecule has 10 heteroatoms. The number of hydrogen-bond donors (Lipinski definition) is 3. The number of halogens is 3. The van der Waals surface area contributed by atoms with Gasteiger partial charge in [0.15, 0.2) is 5.96 Å². The highest BCUT2D eigenvalue weighted by Crippen LogP contribution is 2.20. The lowest BCUT2D eigenvalue weighted by molar-refractivity contribution is -0.143. The van der Waals surface area contributed by atoms with E-state index in [0.717, 1.165) is 5.56 Å². The van der Waals surface area contributed by atoms with E-state index in [-0.39, 0.29) is 12.1 Å². The van der Waals surface area contributed by atoms with Gasteiger partial charge < -0.3 is 20.7 Å². The second kappa shape index (κ2) is 10.7. The number of aliphatic imine (C=N–C) groups is 1. The third kappa shape index (κ3) is 9.46. The molecule has 2 atom stereocenters. The summed E-state index contributed by atoms with van der Waals surface area (Å²) in [7, 11) is 1.59. The molecule has 1 aromatic carbocycles. The van der Waals surface area contributed by atoms with Crippen LogP contribution in [-0.2, 0) is 4.74 Å². The maximum atomic E-state index is 12.6. The maximum Gasteiger partial charge on any atom is 0.408 e. The van der Waals surface area contributed by atoms with Crippen LogP contribution in [0, 0.1) is 0 Å². The molecule has 0 saturated carbocycles. The van der Waals surface area contributed by atoms with Gasteiger partial charge in [-0.15, -0.1) is 0 Å². The van der Waals surface area contributed by atoms with Crippen LogP contribution in [0.5, 0.6) is 0 Å². The SMILES string of the molecule is CN=C(NCC(NC(=O)OC(C)(C)C)c1ccccc1)NC1CCN(CC(F)(F)F)C1. The van der Waals surface area contributed by atoms with Crippen LogP contribution < -0.4 is 16.0 Å². The van der Waals surface area contributed by atoms with Crippen molar-refractivity contribution in [1.82, 2.24) is 20.9 Å². The van der Waals surface area contributed by atoms with Gasteiger partial charge in [0.2, 0.25) is 0 Å². The molecule has 0 radical (unpaired) electrons. The van der Waals surface area contributed by atoms with Crippen LogP contribution in [0.1, 0.15) is 38.8 Å². The first kappa shape index (κ1) is 24.8. The van der Waals surface area contributed by atoms with Crippen LogP contribution >= 0.6 is 0 Å². The standard InChI is InChI=1S/C21H32F3N5O2/c1-20(2,3)31-19(30)28-17(15-8-6-5-7-9-15)12-26-18(25-4)27-16-10-11-29(13-16)14-21(22,23)24/h5-9,16-17H,10-14H2,1-4H3,(H,28,30)(H2,25,26,27). The van der Waals surface area contributed by atoms with Gasteiger partial charge in [-0.3, -0.25) is 9.89 Å². The summed E-state index contributed by atoms with van der Waals surface area (Å²) in [5.74, 6) is 0.464. The molecule has 0 aromatic heterocycles. The third-order valence-corrected chi connectivity index (χ3v) is 4.61. The van der Waals surface area contributed by atoms with E-state index < -0.39 is 24.4 Å². The number of likely N-dealkylation sites (tertiary alicyclic amines) is 1. The number of nitrogens with one attached hydrogen (secondary N) is 3. The Morgan fingerprint density at radius 1 is 1.26 bits per heavy atom. The molecule has 1 heterocycles. The topological polar surface area (TPSA) is 78.0 Å². The fourth-order valence-corrected chi connectivity index (χ4v) is 3.32. The summed E-state index contributed by atoms with van der Waals surface area (Å²) in [6.45, 7) is 5.45. The van der Waals surface area contributed by atoms with Crippen molar-refractivity contribution in [2.75, 3.05) is 33.2 Å². The number of benzene rings is 1. The van der Waals surface area contributed by atoms with E-state index >= 15 is 0 Å². The number of rotatable bonds is 6. The molecule has 1 aromatic rings. The third-order valence-electron chi connectivity index (χ3n) is 4.61. The van der Waals surface area contributed by atoms with E-state index in [4.69, 9.17) is 4.74 Å². The molecule has 1 aliphatic rings. The average Bonchev–Trinajstić information content (AvgIpc) is 3.08. The molecule has 0 aliphatic carbocycles. The number of nitrogens with zero attached hydrogens (tertiary/aromatic N) is 2. The quantitative estimate of drug-likeness (QED) is 0.465. The van der Waals surface area contributed by atoms with E-state index in [2.05, 4.69) is 20.9 Å². The Bertz CT molecular complexity index is 735. The van der Waals surface area contributed by atoms with Gasteiger partial charge in [-0.1, -0.05) is 30.3 Å². The van der Waals surface area contributed by atoms with Gasteiger partial charge in [0.25, 0.3) is 0 Å². The highest BCUT2D eigenvalue weighted by atomic mass is 19.4. The Kier molecular flexibility index (Phi) is 8.55. The molecule has 1 saturated heterocycles. The molecule has 2 rings (SSSR count). The number of alkyl carbamates (subject to hydrolysis) is 1. The minimum Gasteiger partial charge on any atom is -0.444 e. The predicted molar refractivity (Wildman–Crippen MR) is 114 cm³/mol. The van der Waals surface area contributed by atoms with Crippen LogP contribution in [0.3, 0.4) is 0 Å².